The highest BCUT2D eigenvalue weighted by atomic mass is 35.5. The molecule has 4 rings (SSSR count). The van der Waals surface area contributed by atoms with E-state index in [1.54, 1.807) is 19.3 Å². The summed E-state index contributed by atoms with van der Waals surface area (Å²) in [5, 5.41) is 3.61. The van der Waals surface area contributed by atoms with Crippen molar-refractivity contribution < 1.29 is 9.13 Å². The molecule has 2 heterocycles. The van der Waals surface area contributed by atoms with E-state index in [-0.39, 0.29) is 16.9 Å². The Hall–Kier alpha value is -3.55. The molecule has 2 atom stereocenters. The summed E-state index contributed by atoms with van der Waals surface area (Å²) >= 11 is 6.34. The maximum atomic E-state index is 14.2. The fourth-order valence-electron chi connectivity index (χ4n) is 5.40. The van der Waals surface area contributed by atoms with Crippen LogP contribution in [-0.4, -0.2) is 36.4 Å². The van der Waals surface area contributed by atoms with E-state index in [4.69, 9.17) is 26.3 Å². The third-order valence-corrected chi connectivity index (χ3v) is 9.16. The number of ether oxygens (including phenoxy) is 1. The Morgan fingerprint density at radius 3 is 2.17 bits per heavy atom. The van der Waals surface area contributed by atoms with Crippen molar-refractivity contribution in [2.75, 3.05) is 20.7 Å². The topological polar surface area (TPSA) is 85.4 Å². The third kappa shape index (κ3) is 15.8. The maximum absolute atomic E-state index is 14.2. The monoisotopic (exact) mass is 752 g/mol. The molecule has 0 aliphatic heterocycles. The Bertz CT molecular complexity index is 1540. The maximum Gasteiger partial charge on any atom is 0.232 e. The molecule has 8 heteroatoms. The van der Waals surface area contributed by atoms with Gasteiger partial charge in [-0.15, -0.1) is 6.58 Å². The van der Waals surface area contributed by atoms with E-state index in [0.717, 1.165) is 64.5 Å². The van der Waals surface area contributed by atoms with Crippen LogP contribution in [0.3, 0.4) is 0 Å². The Morgan fingerprint density at radius 1 is 1.11 bits per heavy atom. The number of allylic oxidation sites excluding steroid dienone is 6. The number of nitrogens with two attached hydrogens (primary N) is 1. The highest BCUT2D eigenvalue weighted by Crippen LogP contribution is 2.43. The quantitative estimate of drug-likeness (QED) is 0.0660. The van der Waals surface area contributed by atoms with Crippen LogP contribution < -0.4 is 11.1 Å². The second-order valence-corrected chi connectivity index (χ2v) is 13.3. The van der Waals surface area contributed by atoms with Gasteiger partial charge in [0.05, 0.1) is 18.5 Å². The zero-order valence-corrected chi connectivity index (χ0v) is 36.1. The van der Waals surface area contributed by atoms with E-state index in [9.17, 15) is 4.39 Å². The summed E-state index contributed by atoms with van der Waals surface area (Å²) in [6.07, 6.45) is 16.4. The van der Waals surface area contributed by atoms with Crippen molar-refractivity contribution in [3.8, 4) is 11.3 Å². The molecule has 2 unspecified atom stereocenters. The van der Waals surface area contributed by atoms with Crippen molar-refractivity contribution >= 4 is 17.3 Å². The molecule has 0 aromatic carbocycles. The van der Waals surface area contributed by atoms with Crippen LogP contribution in [0.2, 0.25) is 5.02 Å². The first-order chi connectivity index (χ1) is 25.5. The van der Waals surface area contributed by atoms with Crippen molar-refractivity contribution in [3.05, 3.63) is 106 Å². The Labute approximate surface area is 328 Å². The third-order valence-electron chi connectivity index (χ3n) is 8.80. The molecular weight excluding hydrogens is 681 g/mol. The number of aliphatic imine (C=N–C) groups is 1. The molecule has 6 nitrogen and oxygen atoms in total. The Kier molecular flexibility index (Phi) is 25.3. The van der Waals surface area contributed by atoms with Crippen LogP contribution in [0.1, 0.15) is 124 Å². The normalized spacial score (nSPS) is 15.4. The largest absolute Gasteiger partial charge is 0.495 e. The molecule has 2 aliphatic rings. The van der Waals surface area contributed by atoms with Gasteiger partial charge in [-0.05, 0) is 115 Å². The van der Waals surface area contributed by atoms with Gasteiger partial charge in [-0.1, -0.05) is 84.4 Å². The van der Waals surface area contributed by atoms with Gasteiger partial charge in [-0.3, -0.25) is 9.98 Å². The van der Waals surface area contributed by atoms with E-state index in [1.165, 1.54) is 32.5 Å². The van der Waals surface area contributed by atoms with Gasteiger partial charge < -0.3 is 15.8 Å². The second kappa shape index (κ2) is 27.1. The van der Waals surface area contributed by atoms with Crippen LogP contribution in [0.15, 0.2) is 83.5 Å². The van der Waals surface area contributed by atoms with Crippen molar-refractivity contribution in [1.29, 1.82) is 0 Å². The highest BCUT2D eigenvalue weighted by Gasteiger charge is 2.34. The molecule has 2 aromatic heterocycles. The molecule has 2 aromatic rings. The van der Waals surface area contributed by atoms with E-state index in [0.29, 0.717) is 29.6 Å². The zero-order valence-electron chi connectivity index (χ0n) is 35.3. The molecule has 296 valence electrons. The summed E-state index contributed by atoms with van der Waals surface area (Å²) in [4.78, 5) is 13.9. The summed E-state index contributed by atoms with van der Waals surface area (Å²) in [7, 11) is 3.21. The first-order valence-corrected chi connectivity index (χ1v) is 19.9. The molecule has 0 bridgehead atoms. The molecule has 2 fully saturated rings. The summed E-state index contributed by atoms with van der Waals surface area (Å²) in [5.74, 6) is 1.61. The second-order valence-electron chi connectivity index (χ2n) is 13.0. The van der Waals surface area contributed by atoms with Gasteiger partial charge in [-0.2, -0.15) is 4.39 Å². The van der Waals surface area contributed by atoms with Crippen molar-refractivity contribution in [1.82, 2.24) is 15.3 Å². The molecular formula is C45H71ClFN5O. The number of hydrogen-bond acceptors (Lipinski definition) is 6. The zero-order chi connectivity index (χ0) is 40.7. The van der Waals surface area contributed by atoms with Crippen LogP contribution in [0, 0.1) is 37.5 Å². The summed E-state index contributed by atoms with van der Waals surface area (Å²) < 4.78 is 20.2. The standard InChI is InChI=1S/C36H46ClFN4O.C3H8.C3H6.C2H6.CH5N/c1-9-21(4)34(41-30(11-3)27-14-15-27)32(43-8)19-25(10-2)24(7)40-20-29(26-12-13-26)31-18-22(5)23(6)35(42-31)28-16-17-39-36(38)33(28)37;2*1-3-2;2*1-2/h10-11,16-19,21,26-27,29,40H,7,9,12-15,20H2,1-6,8H3;3H2,1-2H3;3H,1H2,2H3;1-2H3;2H2,1H3/b25-10+,30-11-,32-19+,41-34-;;;;. The number of methoxy groups -OCH3 is 1. The molecule has 0 spiro atoms. The van der Waals surface area contributed by atoms with Crippen LogP contribution in [0.25, 0.3) is 11.3 Å². The summed E-state index contributed by atoms with van der Waals surface area (Å²) in [6, 6.07) is 3.89. The lowest BCUT2D eigenvalue weighted by Gasteiger charge is -2.22. The van der Waals surface area contributed by atoms with E-state index in [1.807, 2.05) is 34.6 Å². The Balaban J connectivity index is 0.00000245. The Morgan fingerprint density at radius 2 is 1.70 bits per heavy atom. The molecule has 0 amide bonds. The number of nitrogens with one attached hydrogen (secondary N) is 1. The fourth-order valence-corrected chi connectivity index (χ4v) is 5.60. The average Bonchev–Trinajstić information content (AvgIpc) is 4.10. The van der Waals surface area contributed by atoms with Crippen LogP contribution in [-0.2, 0) is 4.74 Å². The van der Waals surface area contributed by atoms with Crippen molar-refractivity contribution in [2.45, 2.75) is 121 Å². The minimum absolute atomic E-state index is 0.00145. The number of halogens is 2. The lowest BCUT2D eigenvalue weighted by molar-refractivity contribution is 0.311. The summed E-state index contributed by atoms with van der Waals surface area (Å²) in [5.41, 5.74) is 12.8. The molecule has 2 saturated carbocycles. The lowest BCUT2D eigenvalue weighted by atomic mass is 9.94. The fraction of sp³-hybridized carbons (Fsp3) is 0.533. The number of aromatic nitrogens is 2. The highest BCUT2D eigenvalue weighted by molar-refractivity contribution is 6.33. The van der Waals surface area contributed by atoms with Gasteiger partial charge >= 0.3 is 0 Å². The van der Waals surface area contributed by atoms with Gasteiger partial charge in [0.25, 0.3) is 0 Å². The first kappa shape index (κ1) is 49.5. The number of rotatable bonds is 14. The first-order valence-electron chi connectivity index (χ1n) is 19.5. The van der Waals surface area contributed by atoms with Gasteiger partial charge in [0.15, 0.2) is 0 Å². The molecule has 2 aliphatic carbocycles. The minimum atomic E-state index is -0.682. The smallest absolute Gasteiger partial charge is 0.232 e. The number of pyridine rings is 2. The van der Waals surface area contributed by atoms with Gasteiger partial charge in [-0.25, -0.2) is 4.98 Å². The van der Waals surface area contributed by atoms with E-state index < -0.39 is 5.95 Å². The van der Waals surface area contributed by atoms with Crippen LogP contribution >= 0.6 is 11.6 Å². The van der Waals surface area contributed by atoms with Crippen molar-refractivity contribution in [3.63, 3.8) is 0 Å². The predicted octanol–water partition coefficient (Wildman–Crippen LogP) is 12.6. The molecule has 3 N–H and O–H groups in total. The van der Waals surface area contributed by atoms with Gasteiger partial charge in [0.1, 0.15) is 10.8 Å². The average molecular weight is 753 g/mol. The number of nitrogens with zero attached hydrogens (tertiary/aromatic N) is 3. The lowest BCUT2D eigenvalue weighted by Crippen LogP contribution is -2.24. The number of aryl methyl sites for hydroxylation is 1. The summed E-state index contributed by atoms with van der Waals surface area (Å²) in [6.45, 7) is 31.1. The van der Waals surface area contributed by atoms with E-state index >= 15 is 0 Å². The number of hydrogen-bond donors (Lipinski definition) is 2. The molecule has 0 radical (unpaired) electrons. The van der Waals surface area contributed by atoms with Crippen molar-refractivity contribution in [2.24, 2.45) is 28.5 Å². The minimum Gasteiger partial charge on any atom is -0.495 e. The van der Waals surface area contributed by atoms with E-state index in [2.05, 4.69) is 95.0 Å². The SMILES string of the molecule is C=C(NCC(c1cc(C)c(C)c(-c2ccnc(F)c2Cl)n1)C1CC1)C(=C/C)/C=C(OC)\C(=N/C(=C\C)C1CC1)C(C)CC.C=CC.CC.CCC.CN. The molecule has 0 saturated heterocycles. The van der Waals surface area contributed by atoms with Gasteiger partial charge in [0.2, 0.25) is 5.95 Å². The van der Waals surface area contributed by atoms with Gasteiger partial charge in [0, 0.05) is 53.1 Å². The predicted molar refractivity (Wildman–Crippen MR) is 230 cm³/mol. The van der Waals surface area contributed by atoms with Crippen LogP contribution in [0.5, 0.6) is 0 Å². The molecule has 53 heavy (non-hydrogen) atoms. The van der Waals surface area contributed by atoms with Crippen LogP contribution in [0.4, 0.5) is 4.39 Å².